The van der Waals surface area contributed by atoms with Crippen molar-refractivity contribution in [1.29, 1.82) is 0 Å². The average molecular weight is 876 g/mol. The maximum atomic E-state index is 2.60. The molecule has 69 heavy (non-hydrogen) atoms. The number of hydrogen-bond acceptors (Lipinski definition) is 1. The Balaban J connectivity index is 1.04. The van der Waals surface area contributed by atoms with Crippen molar-refractivity contribution in [3.05, 3.63) is 317 Å². The lowest BCUT2D eigenvalue weighted by Crippen LogP contribution is -2.30. The molecule has 0 bridgehead atoms. The van der Waals surface area contributed by atoms with Crippen LogP contribution in [0, 0.1) is 0 Å². The third kappa shape index (κ3) is 5.59. The van der Waals surface area contributed by atoms with Gasteiger partial charge >= 0.3 is 0 Å². The van der Waals surface area contributed by atoms with Crippen molar-refractivity contribution in [2.24, 2.45) is 0 Å². The molecule has 3 aliphatic carbocycles. The van der Waals surface area contributed by atoms with E-state index in [1.807, 2.05) is 0 Å². The van der Waals surface area contributed by atoms with E-state index in [1.165, 1.54) is 100 Å². The van der Waals surface area contributed by atoms with E-state index >= 15 is 0 Å². The van der Waals surface area contributed by atoms with Crippen LogP contribution >= 0.6 is 0 Å². The minimum atomic E-state index is -0.589. The number of para-hydroxylation sites is 1. The first kappa shape index (κ1) is 39.4. The first-order valence-corrected chi connectivity index (χ1v) is 24.1. The highest BCUT2D eigenvalue weighted by Gasteiger charge is 2.53. The van der Waals surface area contributed by atoms with Crippen molar-refractivity contribution in [3.8, 4) is 55.6 Å². The van der Waals surface area contributed by atoms with E-state index in [2.05, 4.69) is 278 Å². The van der Waals surface area contributed by atoms with Gasteiger partial charge < -0.3 is 4.90 Å². The molecule has 0 heterocycles. The lowest BCUT2D eigenvalue weighted by molar-refractivity contribution is 0.751. The Hall–Kier alpha value is -8.78. The molecule has 0 unspecified atom stereocenters. The van der Waals surface area contributed by atoms with Crippen LogP contribution < -0.4 is 4.90 Å². The summed E-state index contributed by atoms with van der Waals surface area (Å²) >= 11 is 0. The van der Waals surface area contributed by atoms with Crippen molar-refractivity contribution in [2.45, 2.75) is 10.8 Å². The van der Waals surface area contributed by atoms with Crippen molar-refractivity contribution in [2.75, 3.05) is 4.90 Å². The summed E-state index contributed by atoms with van der Waals surface area (Å²) in [5.41, 5.74) is 25.2. The molecule has 0 amide bonds. The highest BCUT2D eigenvalue weighted by molar-refractivity contribution is 5.98. The van der Waals surface area contributed by atoms with Crippen LogP contribution in [0.1, 0.15) is 44.5 Å². The molecule has 11 aromatic carbocycles. The number of benzene rings is 11. The van der Waals surface area contributed by atoms with Gasteiger partial charge in [-0.3, -0.25) is 0 Å². The SMILES string of the molecule is c1ccc(-c2ccc(N(c3ccccc3)c3ccc4c(c3)C3(c5ccccc5-c5ccccc53)c3cc(C5(c6ccccc6)c6ccccc6-c6ccccc65)ccc3-4)cc2-c2ccccc2)cc1. The van der Waals surface area contributed by atoms with Gasteiger partial charge in [0.25, 0.3) is 0 Å². The summed E-state index contributed by atoms with van der Waals surface area (Å²) < 4.78 is 0. The molecule has 1 heteroatoms. The van der Waals surface area contributed by atoms with Gasteiger partial charge in [0.15, 0.2) is 0 Å². The fourth-order valence-electron chi connectivity index (χ4n) is 12.6. The van der Waals surface area contributed by atoms with E-state index in [0.717, 1.165) is 17.1 Å². The average Bonchev–Trinajstić information content (AvgIpc) is 4.02. The Kier molecular flexibility index (Phi) is 8.78. The second-order valence-electron chi connectivity index (χ2n) is 18.7. The van der Waals surface area contributed by atoms with Gasteiger partial charge in [0.1, 0.15) is 0 Å². The lowest BCUT2D eigenvalue weighted by Gasteiger charge is -2.36. The van der Waals surface area contributed by atoms with Gasteiger partial charge in [-0.1, -0.05) is 237 Å². The first-order chi connectivity index (χ1) is 34.2. The molecule has 0 fully saturated rings. The molecule has 1 spiro atoms. The Labute approximate surface area is 403 Å². The number of anilines is 3. The van der Waals surface area contributed by atoms with Crippen molar-refractivity contribution >= 4 is 17.1 Å². The van der Waals surface area contributed by atoms with Crippen LogP contribution in [0.3, 0.4) is 0 Å². The summed E-state index contributed by atoms with van der Waals surface area (Å²) in [6.45, 7) is 0. The van der Waals surface area contributed by atoms with Gasteiger partial charge in [-0.05, 0) is 137 Å². The molecule has 0 radical (unpaired) electrons. The normalized spacial score (nSPS) is 13.7. The summed E-state index contributed by atoms with van der Waals surface area (Å²) in [6.07, 6.45) is 0. The minimum absolute atomic E-state index is 0.533. The molecule has 1 nitrogen and oxygen atoms in total. The van der Waals surface area contributed by atoms with Gasteiger partial charge in [-0.15, -0.1) is 0 Å². The zero-order chi connectivity index (χ0) is 45.5. The Morgan fingerprint density at radius 1 is 0.203 bits per heavy atom. The van der Waals surface area contributed by atoms with E-state index in [9.17, 15) is 0 Å². The van der Waals surface area contributed by atoms with E-state index in [0.29, 0.717) is 0 Å². The molecular weight excluding hydrogens is 831 g/mol. The van der Waals surface area contributed by atoms with Crippen LogP contribution in [0.25, 0.3) is 55.6 Å². The maximum Gasteiger partial charge on any atom is 0.0726 e. The quantitative estimate of drug-likeness (QED) is 0.154. The van der Waals surface area contributed by atoms with Crippen LogP contribution in [0.15, 0.2) is 273 Å². The monoisotopic (exact) mass is 875 g/mol. The van der Waals surface area contributed by atoms with Gasteiger partial charge in [-0.25, -0.2) is 0 Å². The highest BCUT2D eigenvalue weighted by atomic mass is 15.1. The zero-order valence-corrected chi connectivity index (χ0v) is 37.9. The Morgan fingerprint density at radius 2 is 0.580 bits per heavy atom. The highest BCUT2D eigenvalue weighted by Crippen LogP contribution is 2.65. The fraction of sp³-hybridized carbons (Fsp3) is 0.0294. The molecule has 0 saturated heterocycles. The topological polar surface area (TPSA) is 3.24 Å². The number of rotatable bonds is 7. The standard InChI is InChI=1S/C68H45N/c1-5-21-46(22-6-1)53-41-38-51(44-60(53)47-23-7-2-8-24-47)69(50-27-11-4-12-28-50)52-39-42-59-58-40-37-49(43-65(58)68(66(59)45-52)63-35-19-15-31-56(63)57-32-16-20-36-64(57)68)67(48-25-9-3-10-26-48)61-33-17-13-29-54(61)55-30-14-18-34-62(55)67/h1-45H. The molecule has 322 valence electrons. The van der Waals surface area contributed by atoms with E-state index in [4.69, 9.17) is 0 Å². The lowest BCUT2D eigenvalue weighted by atomic mass is 9.65. The largest absolute Gasteiger partial charge is 0.310 e. The van der Waals surface area contributed by atoms with Crippen LogP contribution in [0.4, 0.5) is 17.1 Å². The van der Waals surface area contributed by atoms with Gasteiger partial charge in [0, 0.05) is 17.1 Å². The van der Waals surface area contributed by atoms with Crippen LogP contribution in [0.2, 0.25) is 0 Å². The van der Waals surface area contributed by atoms with E-state index in [-0.39, 0.29) is 0 Å². The molecule has 14 rings (SSSR count). The van der Waals surface area contributed by atoms with Crippen LogP contribution in [-0.2, 0) is 10.8 Å². The molecule has 0 N–H and O–H groups in total. The predicted molar refractivity (Wildman–Crippen MR) is 286 cm³/mol. The first-order valence-electron chi connectivity index (χ1n) is 24.1. The summed E-state index contributed by atoms with van der Waals surface area (Å²) in [6, 6.07) is 102. The molecule has 3 aliphatic rings. The summed E-state index contributed by atoms with van der Waals surface area (Å²) in [5.74, 6) is 0. The number of nitrogens with zero attached hydrogens (tertiary/aromatic N) is 1. The van der Waals surface area contributed by atoms with Gasteiger partial charge in [0.05, 0.1) is 10.8 Å². The minimum Gasteiger partial charge on any atom is -0.310 e. The predicted octanol–water partition coefficient (Wildman–Crippen LogP) is 17.2. The van der Waals surface area contributed by atoms with Crippen molar-refractivity contribution < 1.29 is 0 Å². The third-order valence-electron chi connectivity index (χ3n) is 15.4. The van der Waals surface area contributed by atoms with Crippen molar-refractivity contribution in [1.82, 2.24) is 0 Å². The van der Waals surface area contributed by atoms with E-state index in [1.54, 1.807) is 0 Å². The molecule has 11 aromatic rings. The smallest absolute Gasteiger partial charge is 0.0726 e. The fourth-order valence-corrected chi connectivity index (χ4v) is 12.6. The maximum absolute atomic E-state index is 2.60. The van der Waals surface area contributed by atoms with E-state index < -0.39 is 10.8 Å². The molecule has 0 aromatic heterocycles. The second kappa shape index (κ2) is 15.4. The number of fused-ring (bicyclic) bond motifs is 13. The Bertz CT molecular complexity index is 3690. The summed E-state index contributed by atoms with van der Waals surface area (Å²) in [7, 11) is 0. The van der Waals surface area contributed by atoms with Gasteiger partial charge in [-0.2, -0.15) is 0 Å². The molecule has 0 aliphatic heterocycles. The van der Waals surface area contributed by atoms with Crippen molar-refractivity contribution in [3.63, 3.8) is 0 Å². The number of hydrogen-bond donors (Lipinski definition) is 0. The summed E-state index contributed by atoms with van der Waals surface area (Å²) in [5, 5.41) is 0. The molecule has 0 atom stereocenters. The molecule has 0 saturated carbocycles. The zero-order valence-electron chi connectivity index (χ0n) is 37.9. The summed E-state index contributed by atoms with van der Waals surface area (Å²) in [4.78, 5) is 2.45. The van der Waals surface area contributed by atoms with Gasteiger partial charge in [0.2, 0.25) is 0 Å². The van der Waals surface area contributed by atoms with Crippen LogP contribution in [-0.4, -0.2) is 0 Å². The molecular formula is C68H45N. The second-order valence-corrected chi connectivity index (χ2v) is 18.7. The third-order valence-corrected chi connectivity index (χ3v) is 15.4. The van der Waals surface area contributed by atoms with Crippen LogP contribution in [0.5, 0.6) is 0 Å². The Morgan fingerprint density at radius 3 is 1.12 bits per heavy atom.